The van der Waals surface area contributed by atoms with Crippen molar-refractivity contribution in [2.45, 2.75) is 20.0 Å². The Labute approximate surface area is 78.4 Å². The number of rotatable bonds is 4. The topological polar surface area (TPSA) is 42.4 Å². The van der Waals surface area contributed by atoms with Crippen molar-refractivity contribution < 1.29 is 9.84 Å². The van der Waals surface area contributed by atoms with Gasteiger partial charge in [0, 0.05) is 24.1 Å². The van der Waals surface area contributed by atoms with E-state index in [1.807, 2.05) is 26.0 Å². The SMILES string of the molecule is CCOCC(O)c1ccc(C)nc1. The fourth-order valence-corrected chi connectivity index (χ4v) is 1.00. The van der Waals surface area contributed by atoms with Gasteiger partial charge in [-0.15, -0.1) is 0 Å². The Hall–Kier alpha value is -0.930. The van der Waals surface area contributed by atoms with Crippen molar-refractivity contribution in [3.8, 4) is 0 Å². The van der Waals surface area contributed by atoms with Gasteiger partial charge >= 0.3 is 0 Å². The first-order valence-corrected chi connectivity index (χ1v) is 4.42. The minimum Gasteiger partial charge on any atom is -0.386 e. The van der Waals surface area contributed by atoms with E-state index in [-0.39, 0.29) is 0 Å². The minimum atomic E-state index is -0.562. The molecule has 1 heterocycles. The molecule has 0 amide bonds. The molecule has 1 N–H and O–H groups in total. The number of aryl methyl sites for hydroxylation is 1. The number of pyridine rings is 1. The van der Waals surface area contributed by atoms with Gasteiger partial charge in [-0.25, -0.2) is 0 Å². The number of hydrogen-bond acceptors (Lipinski definition) is 3. The Bertz CT molecular complexity index is 246. The van der Waals surface area contributed by atoms with Crippen molar-refractivity contribution in [2.24, 2.45) is 0 Å². The highest BCUT2D eigenvalue weighted by Crippen LogP contribution is 2.11. The van der Waals surface area contributed by atoms with Crippen molar-refractivity contribution in [2.75, 3.05) is 13.2 Å². The minimum absolute atomic E-state index is 0.335. The average molecular weight is 181 g/mol. The van der Waals surface area contributed by atoms with Crippen molar-refractivity contribution in [3.05, 3.63) is 29.6 Å². The van der Waals surface area contributed by atoms with E-state index in [2.05, 4.69) is 4.98 Å². The molecule has 0 saturated heterocycles. The Balaban J connectivity index is 2.55. The van der Waals surface area contributed by atoms with Gasteiger partial charge in [0.2, 0.25) is 0 Å². The van der Waals surface area contributed by atoms with E-state index >= 15 is 0 Å². The highest BCUT2D eigenvalue weighted by molar-refractivity contribution is 5.15. The van der Waals surface area contributed by atoms with Crippen LogP contribution in [0.1, 0.15) is 24.3 Å². The molecule has 0 saturated carbocycles. The van der Waals surface area contributed by atoms with Crippen LogP contribution in [0.15, 0.2) is 18.3 Å². The third kappa shape index (κ3) is 3.13. The van der Waals surface area contributed by atoms with E-state index in [0.717, 1.165) is 11.3 Å². The highest BCUT2D eigenvalue weighted by atomic mass is 16.5. The van der Waals surface area contributed by atoms with Gasteiger partial charge in [-0.05, 0) is 19.9 Å². The first kappa shape index (κ1) is 10.2. The second-order valence-electron chi connectivity index (χ2n) is 2.91. The smallest absolute Gasteiger partial charge is 0.104 e. The van der Waals surface area contributed by atoms with Crippen LogP contribution in [0.25, 0.3) is 0 Å². The summed E-state index contributed by atoms with van der Waals surface area (Å²) in [5.74, 6) is 0. The lowest BCUT2D eigenvalue weighted by Crippen LogP contribution is -2.07. The molecule has 1 aromatic rings. The summed E-state index contributed by atoms with van der Waals surface area (Å²) in [6.07, 6.45) is 1.12. The van der Waals surface area contributed by atoms with Crippen LogP contribution in [-0.4, -0.2) is 23.3 Å². The molecular weight excluding hydrogens is 166 g/mol. The van der Waals surface area contributed by atoms with Crippen molar-refractivity contribution >= 4 is 0 Å². The average Bonchev–Trinajstić information content (AvgIpc) is 2.15. The van der Waals surface area contributed by atoms with Crippen LogP contribution in [0.4, 0.5) is 0 Å². The maximum atomic E-state index is 9.58. The normalized spacial score (nSPS) is 12.8. The Morgan fingerprint density at radius 1 is 1.54 bits per heavy atom. The molecule has 1 atom stereocenters. The van der Waals surface area contributed by atoms with Crippen LogP contribution in [-0.2, 0) is 4.74 Å². The van der Waals surface area contributed by atoms with Gasteiger partial charge in [0.15, 0.2) is 0 Å². The number of hydrogen-bond donors (Lipinski definition) is 1. The van der Waals surface area contributed by atoms with E-state index in [9.17, 15) is 5.11 Å². The maximum Gasteiger partial charge on any atom is 0.104 e. The summed E-state index contributed by atoms with van der Waals surface area (Å²) in [7, 11) is 0. The monoisotopic (exact) mass is 181 g/mol. The van der Waals surface area contributed by atoms with Gasteiger partial charge in [-0.2, -0.15) is 0 Å². The van der Waals surface area contributed by atoms with Gasteiger partial charge in [0.05, 0.1) is 6.61 Å². The van der Waals surface area contributed by atoms with Crippen LogP contribution in [0.2, 0.25) is 0 Å². The first-order valence-electron chi connectivity index (χ1n) is 4.42. The molecule has 1 aromatic heterocycles. The first-order chi connectivity index (χ1) is 6.24. The molecule has 1 rings (SSSR count). The van der Waals surface area contributed by atoms with Crippen LogP contribution in [0, 0.1) is 6.92 Å². The van der Waals surface area contributed by atoms with Gasteiger partial charge in [-0.1, -0.05) is 6.07 Å². The molecule has 1 unspecified atom stereocenters. The number of aliphatic hydroxyl groups excluding tert-OH is 1. The predicted molar refractivity (Wildman–Crippen MR) is 50.4 cm³/mol. The number of nitrogens with zero attached hydrogens (tertiary/aromatic N) is 1. The maximum absolute atomic E-state index is 9.58. The quantitative estimate of drug-likeness (QED) is 0.764. The zero-order valence-electron chi connectivity index (χ0n) is 8.03. The third-order valence-corrected chi connectivity index (χ3v) is 1.80. The lowest BCUT2D eigenvalue weighted by molar-refractivity contribution is 0.0418. The van der Waals surface area contributed by atoms with E-state index in [1.165, 1.54) is 0 Å². The Morgan fingerprint density at radius 3 is 2.85 bits per heavy atom. The zero-order chi connectivity index (χ0) is 9.68. The highest BCUT2D eigenvalue weighted by Gasteiger charge is 2.06. The second kappa shape index (κ2) is 4.94. The van der Waals surface area contributed by atoms with E-state index in [0.29, 0.717) is 13.2 Å². The van der Waals surface area contributed by atoms with Crippen LogP contribution in [0.5, 0.6) is 0 Å². The van der Waals surface area contributed by atoms with E-state index in [4.69, 9.17) is 4.74 Å². The molecule has 0 radical (unpaired) electrons. The molecule has 13 heavy (non-hydrogen) atoms. The molecule has 0 aliphatic carbocycles. The molecule has 0 aliphatic rings. The van der Waals surface area contributed by atoms with Gasteiger partial charge in [0.1, 0.15) is 6.10 Å². The van der Waals surface area contributed by atoms with E-state index in [1.54, 1.807) is 6.20 Å². The van der Waals surface area contributed by atoms with Crippen molar-refractivity contribution in [1.82, 2.24) is 4.98 Å². The molecule has 0 fully saturated rings. The van der Waals surface area contributed by atoms with Crippen LogP contribution in [0.3, 0.4) is 0 Å². The van der Waals surface area contributed by atoms with Gasteiger partial charge in [-0.3, -0.25) is 4.98 Å². The summed E-state index contributed by atoms with van der Waals surface area (Å²) >= 11 is 0. The second-order valence-corrected chi connectivity index (χ2v) is 2.91. The molecule has 0 bridgehead atoms. The number of aliphatic hydroxyl groups is 1. The van der Waals surface area contributed by atoms with Crippen LogP contribution >= 0.6 is 0 Å². The summed E-state index contributed by atoms with van der Waals surface area (Å²) < 4.78 is 5.10. The van der Waals surface area contributed by atoms with Gasteiger partial charge < -0.3 is 9.84 Å². The molecule has 72 valence electrons. The summed E-state index contributed by atoms with van der Waals surface area (Å²) in [4.78, 5) is 4.09. The summed E-state index contributed by atoms with van der Waals surface area (Å²) in [6.45, 7) is 4.77. The number of aromatic nitrogens is 1. The Kier molecular flexibility index (Phi) is 3.86. The molecule has 0 aromatic carbocycles. The Morgan fingerprint density at radius 2 is 2.31 bits per heavy atom. The molecule has 3 nitrogen and oxygen atoms in total. The van der Waals surface area contributed by atoms with Crippen molar-refractivity contribution in [1.29, 1.82) is 0 Å². The summed E-state index contributed by atoms with van der Waals surface area (Å²) in [5, 5.41) is 9.58. The van der Waals surface area contributed by atoms with Crippen LogP contribution < -0.4 is 0 Å². The molecule has 3 heteroatoms. The van der Waals surface area contributed by atoms with Gasteiger partial charge in [0.25, 0.3) is 0 Å². The largest absolute Gasteiger partial charge is 0.386 e. The predicted octanol–water partition coefficient (Wildman–Crippen LogP) is 1.46. The molecule has 0 aliphatic heterocycles. The summed E-state index contributed by atoms with van der Waals surface area (Å²) in [5.41, 5.74) is 1.76. The standard InChI is InChI=1S/C10H15NO2/c1-3-13-7-10(12)9-5-4-8(2)11-6-9/h4-6,10,12H,3,7H2,1-2H3. The van der Waals surface area contributed by atoms with Crippen molar-refractivity contribution in [3.63, 3.8) is 0 Å². The molecule has 0 spiro atoms. The fourth-order valence-electron chi connectivity index (χ4n) is 1.00. The fraction of sp³-hybridized carbons (Fsp3) is 0.500. The lowest BCUT2D eigenvalue weighted by Gasteiger charge is -2.09. The lowest BCUT2D eigenvalue weighted by atomic mass is 10.1. The zero-order valence-corrected chi connectivity index (χ0v) is 8.03. The molecular formula is C10H15NO2. The summed E-state index contributed by atoms with van der Waals surface area (Å²) in [6, 6.07) is 3.75. The third-order valence-electron chi connectivity index (χ3n) is 1.80. The van der Waals surface area contributed by atoms with E-state index < -0.39 is 6.10 Å². The number of ether oxygens (including phenoxy) is 1.